The van der Waals surface area contributed by atoms with Gasteiger partial charge in [-0.2, -0.15) is 0 Å². The molecule has 13 heavy (non-hydrogen) atoms. The van der Waals surface area contributed by atoms with E-state index in [0.29, 0.717) is 5.41 Å². The van der Waals surface area contributed by atoms with E-state index in [9.17, 15) is 0 Å². The number of hydrogen-bond donors (Lipinski definition) is 0. The van der Waals surface area contributed by atoms with Gasteiger partial charge in [0.05, 0.1) is 0 Å². The fourth-order valence-corrected chi connectivity index (χ4v) is 2.98. The van der Waals surface area contributed by atoms with Gasteiger partial charge in [0.25, 0.3) is 0 Å². The molecule has 0 amide bonds. The van der Waals surface area contributed by atoms with Crippen LogP contribution in [0.25, 0.3) is 0 Å². The Labute approximate surface area is 81.8 Å². The van der Waals surface area contributed by atoms with Gasteiger partial charge in [-0.15, -0.1) is 0 Å². The molecule has 1 saturated carbocycles. The highest BCUT2D eigenvalue weighted by Gasteiger charge is 2.39. The summed E-state index contributed by atoms with van der Waals surface area (Å²) < 4.78 is 0. The lowest BCUT2D eigenvalue weighted by atomic mass is 9.74. The zero-order valence-electron chi connectivity index (χ0n) is 8.81. The van der Waals surface area contributed by atoms with Crippen LogP contribution in [0.1, 0.15) is 39.0 Å². The first-order chi connectivity index (χ1) is 6.27. The summed E-state index contributed by atoms with van der Waals surface area (Å²) in [7, 11) is 0. The zero-order chi connectivity index (χ0) is 9.31. The lowest BCUT2D eigenvalue weighted by Gasteiger charge is -2.39. The van der Waals surface area contributed by atoms with E-state index >= 15 is 0 Å². The van der Waals surface area contributed by atoms with Crippen molar-refractivity contribution in [2.24, 2.45) is 5.41 Å². The molecule has 2 rings (SSSR count). The molecule has 1 spiro atoms. The fourth-order valence-electron chi connectivity index (χ4n) is 2.98. The van der Waals surface area contributed by atoms with Crippen molar-refractivity contribution >= 4 is 0 Å². The topological polar surface area (TPSA) is 3.24 Å². The largest absolute Gasteiger partial charge is 0.304 e. The summed E-state index contributed by atoms with van der Waals surface area (Å²) in [6, 6.07) is 0. The lowest BCUT2D eigenvalue weighted by Crippen LogP contribution is -2.39. The van der Waals surface area contributed by atoms with Crippen LogP contribution in [0, 0.1) is 5.41 Å². The van der Waals surface area contributed by atoms with Gasteiger partial charge < -0.3 is 4.90 Å². The smallest absolute Gasteiger partial charge is 0.00105 e. The maximum absolute atomic E-state index is 4.26. The molecule has 0 N–H and O–H groups in total. The maximum Gasteiger partial charge on any atom is -0.00105 e. The number of piperidine rings is 1. The van der Waals surface area contributed by atoms with Gasteiger partial charge >= 0.3 is 0 Å². The molecule has 0 aromatic heterocycles. The standard InChI is InChI=1S/C12H21N/c1-3-13-9-7-12(8-10-13)6-4-5-11(12)2/h2-10H2,1H3. The highest BCUT2D eigenvalue weighted by atomic mass is 15.1. The van der Waals surface area contributed by atoms with Crippen LogP contribution in [0.3, 0.4) is 0 Å². The Morgan fingerprint density at radius 3 is 2.46 bits per heavy atom. The average molecular weight is 179 g/mol. The third-order valence-electron chi connectivity index (χ3n) is 4.14. The maximum atomic E-state index is 4.26. The van der Waals surface area contributed by atoms with Gasteiger partial charge in [0.15, 0.2) is 0 Å². The van der Waals surface area contributed by atoms with Crippen LogP contribution in [0.2, 0.25) is 0 Å². The SMILES string of the molecule is C=C1CCCC12CCN(CC)CC2. The second kappa shape index (κ2) is 3.45. The molecule has 0 aromatic rings. The van der Waals surface area contributed by atoms with Crippen molar-refractivity contribution in [1.82, 2.24) is 4.90 Å². The molecule has 2 aliphatic rings. The zero-order valence-corrected chi connectivity index (χ0v) is 8.81. The van der Waals surface area contributed by atoms with E-state index in [1.165, 1.54) is 51.7 Å². The summed E-state index contributed by atoms with van der Waals surface area (Å²) in [5.41, 5.74) is 2.13. The number of nitrogens with zero attached hydrogens (tertiary/aromatic N) is 1. The molecule has 0 radical (unpaired) electrons. The van der Waals surface area contributed by atoms with Crippen molar-refractivity contribution in [2.45, 2.75) is 39.0 Å². The predicted octanol–water partition coefficient (Wildman–Crippen LogP) is 2.83. The van der Waals surface area contributed by atoms with Crippen molar-refractivity contribution in [1.29, 1.82) is 0 Å². The van der Waals surface area contributed by atoms with Gasteiger partial charge in [-0.1, -0.05) is 19.1 Å². The normalized spacial score (nSPS) is 28.5. The van der Waals surface area contributed by atoms with E-state index in [2.05, 4.69) is 18.4 Å². The van der Waals surface area contributed by atoms with Crippen LogP contribution in [-0.4, -0.2) is 24.5 Å². The second-order valence-electron chi connectivity index (χ2n) is 4.67. The Kier molecular flexibility index (Phi) is 2.46. The molecule has 1 heterocycles. The highest BCUT2D eigenvalue weighted by Crippen LogP contribution is 2.49. The summed E-state index contributed by atoms with van der Waals surface area (Å²) >= 11 is 0. The van der Waals surface area contributed by atoms with Crippen LogP contribution < -0.4 is 0 Å². The van der Waals surface area contributed by atoms with Gasteiger partial charge in [0, 0.05) is 0 Å². The van der Waals surface area contributed by atoms with E-state index < -0.39 is 0 Å². The Morgan fingerprint density at radius 1 is 1.31 bits per heavy atom. The molecule has 74 valence electrons. The summed E-state index contributed by atoms with van der Waals surface area (Å²) in [6.07, 6.45) is 6.86. The molecule has 0 atom stereocenters. The van der Waals surface area contributed by atoms with E-state index in [0.717, 1.165) is 0 Å². The number of rotatable bonds is 1. The molecule has 1 saturated heterocycles. The molecule has 0 aromatic carbocycles. The molecule has 1 nitrogen and oxygen atoms in total. The Bertz CT molecular complexity index is 199. The molecular weight excluding hydrogens is 158 g/mol. The molecule has 2 fully saturated rings. The van der Waals surface area contributed by atoms with E-state index in [1.54, 1.807) is 5.57 Å². The van der Waals surface area contributed by atoms with E-state index in [1.807, 2.05) is 0 Å². The first-order valence-electron chi connectivity index (χ1n) is 5.67. The fraction of sp³-hybridized carbons (Fsp3) is 0.833. The van der Waals surface area contributed by atoms with Crippen LogP contribution >= 0.6 is 0 Å². The minimum Gasteiger partial charge on any atom is -0.304 e. The molecular formula is C12H21N. The third kappa shape index (κ3) is 1.54. The summed E-state index contributed by atoms with van der Waals surface area (Å²) in [4.78, 5) is 2.57. The average Bonchev–Trinajstić information content (AvgIpc) is 2.50. The van der Waals surface area contributed by atoms with Crippen molar-refractivity contribution < 1.29 is 0 Å². The minimum absolute atomic E-state index is 0.575. The van der Waals surface area contributed by atoms with E-state index in [4.69, 9.17) is 0 Å². The van der Waals surface area contributed by atoms with Gasteiger partial charge in [-0.05, 0) is 57.2 Å². The Hall–Kier alpha value is -0.300. The van der Waals surface area contributed by atoms with Crippen molar-refractivity contribution in [3.63, 3.8) is 0 Å². The van der Waals surface area contributed by atoms with Crippen LogP contribution in [0.5, 0.6) is 0 Å². The Morgan fingerprint density at radius 2 is 2.00 bits per heavy atom. The monoisotopic (exact) mass is 179 g/mol. The molecule has 1 heteroatoms. The van der Waals surface area contributed by atoms with Crippen molar-refractivity contribution in [3.05, 3.63) is 12.2 Å². The molecule has 1 aliphatic heterocycles. The first kappa shape index (κ1) is 9.26. The van der Waals surface area contributed by atoms with Gasteiger partial charge in [0.2, 0.25) is 0 Å². The number of hydrogen-bond acceptors (Lipinski definition) is 1. The van der Waals surface area contributed by atoms with Crippen LogP contribution in [0.15, 0.2) is 12.2 Å². The summed E-state index contributed by atoms with van der Waals surface area (Å²) in [5, 5.41) is 0. The molecule has 0 unspecified atom stereocenters. The van der Waals surface area contributed by atoms with Crippen LogP contribution in [0.4, 0.5) is 0 Å². The van der Waals surface area contributed by atoms with Crippen LogP contribution in [-0.2, 0) is 0 Å². The van der Waals surface area contributed by atoms with Gasteiger partial charge in [0.1, 0.15) is 0 Å². The Balaban J connectivity index is 1.99. The molecule has 0 bridgehead atoms. The second-order valence-corrected chi connectivity index (χ2v) is 4.67. The number of allylic oxidation sites excluding steroid dienone is 1. The van der Waals surface area contributed by atoms with Crippen molar-refractivity contribution in [3.8, 4) is 0 Å². The van der Waals surface area contributed by atoms with Gasteiger partial charge in [-0.3, -0.25) is 0 Å². The van der Waals surface area contributed by atoms with E-state index in [-0.39, 0.29) is 0 Å². The summed E-state index contributed by atoms with van der Waals surface area (Å²) in [6.45, 7) is 10.4. The highest BCUT2D eigenvalue weighted by molar-refractivity contribution is 5.16. The minimum atomic E-state index is 0.575. The quantitative estimate of drug-likeness (QED) is 0.559. The number of likely N-dealkylation sites (tertiary alicyclic amines) is 1. The first-order valence-corrected chi connectivity index (χ1v) is 5.67. The summed E-state index contributed by atoms with van der Waals surface area (Å²) in [5.74, 6) is 0. The van der Waals surface area contributed by atoms with Crippen molar-refractivity contribution in [2.75, 3.05) is 19.6 Å². The predicted molar refractivity (Wildman–Crippen MR) is 56.8 cm³/mol. The molecule has 1 aliphatic carbocycles. The third-order valence-corrected chi connectivity index (χ3v) is 4.14. The lowest BCUT2D eigenvalue weighted by molar-refractivity contribution is 0.141. The van der Waals surface area contributed by atoms with Gasteiger partial charge in [-0.25, -0.2) is 0 Å².